The van der Waals surface area contributed by atoms with Crippen LogP contribution in [0.5, 0.6) is 0 Å². The van der Waals surface area contributed by atoms with Crippen LogP contribution in [0.1, 0.15) is 20.8 Å². The molecule has 0 bridgehead atoms. The van der Waals surface area contributed by atoms with Crippen LogP contribution in [0.15, 0.2) is 36.0 Å². The van der Waals surface area contributed by atoms with Crippen LogP contribution in [-0.2, 0) is 0 Å². The first-order valence-corrected chi connectivity index (χ1v) is 7.22. The zero-order valence-electron chi connectivity index (χ0n) is 11.6. The van der Waals surface area contributed by atoms with Crippen molar-refractivity contribution in [3.05, 3.63) is 52.0 Å². The van der Waals surface area contributed by atoms with Crippen molar-refractivity contribution in [3.63, 3.8) is 0 Å². The molecule has 3 rings (SSSR count). The van der Waals surface area contributed by atoms with Gasteiger partial charge in [-0.1, -0.05) is 6.07 Å². The van der Waals surface area contributed by atoms with Crippen molar-refractivity contribution >= 4 is 22.9 Å². The highest BCUT2D eigenvalue weighted by molar-refractivity contribution is 7.12. The quantitative estimate of drug-likeness (QED) is 0.807. The van der Waals surface area contributed by atoms with E-state index in [-0.39, 0.29) is 5.91 Å². The maximum Gasteiger partial charge on any atom is 0.266 e. The second-order valence-electron chi connectivity index (χ2n) is 4.64. The number of thiophene rings is 1. The number of amides is 1. The fourth-order valence-electron chi connectivity index (χ4n) is 1.95. The van der Waals surface area contributed by atoms with Crippen LogP contribution in [0, 0.1) is 13.8 Å². The highest BCUT2D eigenvalue weighted by atomic mass is 32.1. The summed E-state index contributed by atoms with van der Waals surface area (Å²) >= 11 is 1.44. The number of aryl methyl sites for hydroxylation is 2. The summed E-state index contributed by atoms with van der Waals surface area (Å²) in [6.07, 6.45) is 1.51. The predicted molar refractivity (Wildman–Crippen MR) is 80.9 cm³/mol. The number of benzene rings is 1. The molecule has 21 heavy (non-hydrogen) atoms. The molecule has 0 radical (unpaired) electrons. The van der Waals surface area contributed by atoms with Gasteiger partial charge in [0.05, 0.1) is 10.6 Å². The molecule has 0 saturated heterocycles. The van der Waals surface area contributed by atoms with Crippen molar-refractivity contribution in [1.82, 2.24) is 20.2 Å². The summed E-state index contributed by atoms with van der Waals surface area (Å²) in [5.74, 6) is -0.0977. The van der Waals surface area contributed by atoms with Gasteiger partial charge in [0, 0.05) is 5.69 Å². The first-order valence-electron chi connectivity index (χ1n) is 6.34. The Morgan fingerprint density at radius 2 is 2.10 bits per heavy atom. The average molecular weight is 299 g/mol. The molecule has 0 atom stereocenters. The number of tetrazole rings is 1. The molecule has 0 spiro atoms. The summed E-state index contributed by atoms with van der Waals surface area (Å²) in [5, 5.41) is 15.9. The molecular formula is C14H13N5OS. The number of rotatable bonds is 3. The fourth-order valence-corrected chi connectivity index (χ4v) is 2.77. The number of nitrogens with one attached hydrogen (secondary N) is 1. The molecule has 7 heteroatoms. The summed E-state index contributed by atoms with van der Waals surface area (Å²) in [6, 6.07) is 7.61. The summed E-state index contributed by atoms with van der Waals surface area (Å²) in [4.78, 5) is 13.0. The van der Waals surface area contributed by atoms with Gasteiger partial charge in [-0.15, -0.1) is 16.4 Å². The monoisotopic (exact) mass is 299 g/mol. The van der Waals surface area contributed by atoms with Crippen LogP contribution < -0.4 is 5.32 Å². The van der Waals surface area contributed by atoms with E-state index in [0.717, 1.165) is 27.4 Å². The SMILES string of the molecule is Cc1ccc(-n2cnnn2)cc1NC(=O)c1sccc1C. The largest absolute Gasteiger partial charge is 0.321 e. The summed E-state index contributed by atoms with van der Waals surface area (Å²) in [7, 11) is 0. The fraction of sp³-hybridized carbons (Fsp3) is 0.143. The van der Waals surface area contributed by atoms with Crippen LogP contribution in [0.3, 0.4) is 0 Å². The minimum Gasteiger partial charge on any atom is -0.321 e. The van der Waals surface area contributed by atoms with Gasteiger partial charge in [-0.25, -0.2) is 4.68 Å². The van der Waals surface area contributed by atoms with E-state index in [4.69, 9.17) is 0 Å². The second-order valence-corrected chi connectivity index (χ2v) is 5.56. The zero-order valence-corrected chi connectivity index (χ0v) is 12.4. The Bertz CT molecular complexity index is 779. The topological polar surface area (TPSA) is 72.7 Å². The van der Waals surface area contributed by atoms with E-state index in [1.807, 2.05) is 43.5 Å². The molecule has 0 aliphatic rings. The molecule has 0 aliphatic heterocycles. The lowest BCUT2D eigenvalue weighted by atomic mass is 10.1. The number of carbonyl (C=O) groups is 1. The van der Waals surface area contributed by atoms with Crippen LogP contribution in [0.4, 0.5) is 5.69 Å². The van der Waals surface area contributed by atoms with Crippen molar-refractivity contribution in [2.24, 2.45) is 0 Å². The van der Waals surface area contributed by atoms with E-state index in [2.05, 4.69) is 20.8 Å². The van der Waals surface area contributed by atoms with Crippen LogP contribution >= 0.6 is 11.3 Å². The summed E-state index contributed by atoms with van der Waals surface area (Å²) in [5.41, 5.74) is 3.51. The number of hydrogen-bond donors (Lipinski definition) is 1. The van der Waals surface area contributed by atoms with Gasteiger partial charge in [0.2, 0.25) is 0 Å². The Labute approximate surface area is 125 Å². The van der Waals surface area contributed by atoms with E-state index >= 15 is 0 Å². The Kier molecular flexibility index (Phi) is 3.49. The number of aromatic nitrogens is 4. The molecule has 106 valence electrons. The van der Waals surface area contributed by atoms with Gasteiger partial charge in [-0.3, -0.25) is 4.79 Å². The third kappa shape index (κ3) is 2.68. The lowest BCUT2D eigenvalue weighted by Crippen LogP contribution is -2.12. The van der Waals surface area contributed by atoms with Gasteiger partial charge in [-0.2, -0.15) is 0 Å². The second kappa shape index (κ2) is 5.45. The van der Waals surface area contributed by atoms with Gasteiger partial charge in [0.25, 0.3) is 5.91 Å². The maximum absolute atomic E-state index is 12.3. The normalized spacial score (nSPS) is 10.6. The standard InChI is InChI=1S/C14H13N5OS/c1-9-3-4-11(19-8-15-17-18-19)7-12(9)16-14(20)13-10(2)5-6-21-13/h3-8H,1-2H3,(H,16,20). The third-order valence-electron chi connectivity index (χ3n) is 3.15. The van der Waals surface area contributed by atoms with Gasteiger partial charge in [0.15, 0.2) is 0 Å². The molecular weight excluding hydrogens is 286 g/mol. The maximum atomic E-state index is 12.3. The van der Waals surface area contributed by atoms with E-state index in [9.17, 15) is 4.79 Å². The van der Waals surface area contributed by atoms with Crippen molar-refractivity contribution in [2.45, 2.75) is 13.8 Å². The van der Waals surface area contributed by atoms with Crippen LogP contribution in [0.2, 0.25) is 0 Å². The molecule has 0 aliphatic carbocycles. The lowest BCUT2D eigenvalue weighted by molar-refractivity contribution is 0.103. The van der Waals surface area contributed by atoms with Crippen LogP contribution in [-0.4, -0.2) is 26.1 Å². The minimum atomic E-state index is -0.0977. The molecule has 6 nitrogen and oxygen atoms in total. The van der Waals surface area contributed by atoms with Crippen molar-refractivity contribution in [3.8, 4) is 5.69 Å². The highest BCUT2D eigenvalue weighted by Crippen LogP contribution is 2.22. The number of anilines is 1. The molecule has 2 aromatic heterocycles. The smallest absolute Gasteiger partial charge is 0.266 e. The first kappa shape index (κ1) is 13.4. The average Bonchev–Trinajstić information content (AvgIpc) is 3.12. The summed E-state index contributed by atoms with van der Waals surface area (Å²) < 4.78 is 1.55. The van der Waals surface area contributed by atoms with Gasteiger partial charge < -0.3 is 5.32 Å². The van der Waals surface area contributed by atoms with Gasteiger partial charge in [0.1, 0.15) is 6.33 Å². The molecule has 0 saturated carbocycles. The van der Waals surface area contributed by atoms with E-state index in [1.165, 1.54) is 17.7 Å². The number of hydrogen-bond acceptors (Lipinski definition) is 5. The lowest BCUT2D eigenvalue weighted by Gasteiger charge is -2.10. The van der Waals surface area contributed by atoms with Crippen molar-refractivity contribution in [2.75, 3.05) is 5.32 Å². The van der Waals surface area contributed by atoms with E-state index in [0.29, 0.717) is 0 Å². The van der Waals surface area contributed by atoms with E-state index in [1.54, 1.807) is 4.68 Å². The van der Waals surface area contributed by atoms with E-state index < -0.39 is 0 Å². The molecule has 0 unspecified atom stereocenters. The first-order chi connectivity index (χ1) is 10.1. The van der Waals surface area contributed by atoms with Crippen molar-refractivity contribution < 1.29 is 4.79 Å². The number of carbonyl (C=O) groups excluding carboxylic acids is 1. The highest BCUT2D eigenvalue weighted by Gasteiger charge is 2.12. The summed E-state index contributed by atoms with van der Waals surface area (Å²) in [6.45, 7) is 3.87. The molecule has 1 aromatic carbocycles. The van der Waals surface area contributed by atoms with Gasteiger partial charge >= 0.3 is 0 Å². The third-order valence-corrected chi connectivity index (χ3v) is 4.17. The Balaban J connectivity index is 1.90. The number of nitrogens with zero attached hydrogens (tertiary/aromatic N) is 4. The molecule has 0 fully saturated rings. The Morgan fingerprint density at radius 1 is 1.24 bits per heavy atom. The van der Waals surface area contributed by atoms with Crippen molar-refractivity contribution in [1.29, 1.82) is 0 Å². The molecule has 1 amide bonds. The predicted octanol–water partition coefficient (Wildman–Crippen LogP) is 2.59. The molecule has 3 aromatic rings. The molecule has 1 N–H and O–H groups in total. The zero-order chi connectivity index (χ0) is 14.8. The van der Waals surface area contributed by atoms with Gasteiger partial charge in [-0.05, 0) is 59.0 Å². The Morgan fingerprint density at radius 3 is 2.76 bits per heavy atom. The Hall–Kier alpha value is -2.54. The van der Waals surface area contributed by atoms with Crippen LogP contribution in [0.25, 0.3) is 5.69 Å². The minimum absolute atomic E-state index is 0.0977. The molecule has 2 heterocycles.